The predicted octanol–water partition coefficient (Wildman–Crippen LogP) is 1.01. The summed E-state index contributed by atoms with van der Waals surface area (Å²) in [5.41, 5.74) is 2.19. The van der Waals surface area contributed by atoms with Crippen molar-refractivity contribution in [2.24, 2.45) is 10.9 Å². The number of rotatable bonds is 3. The Balaban J connectivity index is 1.93. The topological polar surface area (TPSA) is 65.7 Å². The van der Waals surface area contributed by atoms with Gasteiger partial charge in [0.25, 0.3) is 0 Å². The first-order valence-electron chi connectivity index (χ1n) is 7.02. The second-order valence-electron chi connectivity index (χ2n) is 5.66. The zero-order chi connectivity index (χ0) is 14.1. The smallest absolute Gasteiger partial charge is 0.146 e. The third-order valence-electron chi connectivity index (χ3n) is 3.73. The minimum atomic E-state index is -0.644. The summed E-state index contributed by atoms with van der Waals surface area (Å²) in [5.74, 6) is 1.29. The van der Waals surface area contributed by atoms with E-state index < -0.39 is 6.23 Å². The number of nitrogens with one attached hydrogen (secondary N) is 1. The van der Waals surface area contributed by atoms with Gasteiger partial charge in [-0.2, -0.15) is 5.10 Å². The maximum Gasteiger partial charge on any atom is 0.146 e. The minimum absolute atomic E-state index is 0.384. The molecule has 0 saturated heterocycles. The van der Waals surface area contributed by atoms with Gasteiger partial charge in [-0.15, -0.1) is 0 Å². The van der Waals surface area contributed by atoms with Gasteiger partial charge >= 0.3 is 0 Å². The number of fused-ring (bicyclic) bond motifs is 1. The van der Waals surface area contributed by atoms with Gasteiger partial charge in [0.05, 0.1) is 6.20 Å². The summed E-state index contributed by atoms with van der Waals surface area (Å²) < 4.78 is 1.94. The van der Waals surface area contributed by atoms with E-state index in [1.807, 2.05) is 37.3 Å². The predicted molar refractivity (Wildman–Crippen MR) is 79.6 cm³/mol. The Hall–Kier alpha value is -1.66. The van der Waals surface area contributed by atoms with E-state index in [9.17, 15) is 5.11 Å². The van der Waals surface area contributed by atoms with Crippen LogP contribution in [0.1, 0.15) is 18.4 Å². The molecule has 0 fully saturated rings. The second-order valence-corrected chi connectivity index (χ2v) is 5.66. The number of hydrogen-bond acceptors (Lipinski definition) is 5. The molecule has 0 aromatic carbocycles. The average Bonchev–Trinajstić information content (AvgIpc) is 2.81. The first kappa shape index (κ1) is 13.3. The first-order chi connectivity index (χ1) is 9.65. The molecule has 0 radical (unpaired) electrons. The highest BCUT2D eigenvalue weighted by Crippen LogP contribution is 2.33. The minimum Gasteiger partial charge on any atom is -0.370 e. The van der Waals surface area contributed by atoms with Crippen LogP contribution in [0.5, 0.6) is 0 Å². The van der Waals surface area contributed by atoms with Gasteiger partial charge in [0.1, 0.15) is 12.0 Å². The Morgan fingerprint density at radius 1 is 1.50 bits per heavy atom. The quantitative estimate of drug-likeness (QED) is 0.864. The number of aliphatic hydroxyl groups is 1. The largest absolute Gasteiger partial charge is 0.370 e. The number of anilines is 1. The number of hydrogen-bond donors (Lipinski definition) is 2. The molecule has 2 aliphatic heterocycles. The summed E-state index contributed by atoms with van der Waals surface area (Å²) in [6, 6.07) is 0. The third-order valence-corrected chi connectivity index (χ3v) is 3.73. The number of nitrogens with zero attached hydrogens (tertiary/aromatic N) is 4. The molecule has 2 unspecified atom stereocenters. The SMILES string of the molecule is CN(C)Cc1cnn2c1NC(O)C=C2C1CC=NCC1. The Kier molecular flexibility index (Phi) is 3.58. The van der Waals surface area contributed by atoms with E-state index in [1.54, 1.807) is 0 Å². The van der Waals surface area contributed by atoms with Gasteiger partial charge in [0, 0.05) is 30.3 Å². The molecule has 0 saturated carbocycles. The number of aromatic nitrogens is 2. The molecule has 1 aromatic rings. The van der Waals surface area contributed by atoms with E-state index in [4.69, 9.17) is 0 Å². The summed E-state index contributed by atoms with van der Waals surface area (Å²) in [5, 5.41) is 17.7. The fraction of sp³-hybridized carbons (Fsp3) is 0.571. The van der Waals surface area contributed by atoms with Crippen LogP contribution in [0, 0.1) is 5.92 Å². The van der Waals surface area contributed by atoms with E-state index in [0.717, 1.165) is 43.0 Å². The fourth-order valence-electron chi connectivity index (χ4n) is 2.82. The highest BCUT2D eigenvalue weighted by molar-refractivity contribution is 5.68. The zero-order valence-corrected chi connectivity index (χ0v) is 12.0. The molecule has 3 heterocycles. The molecule has 108 valence electrons. The Morgan fingerprint density at radius 3 is 3.05 bits per heavy atom. The molecule has 6 nitrogen and oxygen atoms in total. The molecule has 0 bridgehead atoms. The normalized spacial score (nSPS) is 25.3. The molecule has 0 spiro atoms. The molecule has 0 aliphatic carbocycles. The van der Waals surface area contributed by atoms with Crippen molar-refractivity contribution in [3.8, 4) is 0 Å². The molecule has 2 atom stereocenters. The molecule has 2 aliphatic rings. The molecular formula is C14H21N5O. The van der Waals surface area contributed by atoms with E-state index in [-0.39, 0.29) is 0 Å². The van der Waals surface area contributed by atoms with Crippen LogP contribution in [0.25, 0.3) is 5.70 Å². The summed E-state index contributed by atoms with van der Waals surface area (Å²) in [6.07, 6.45) is 7.01. The van der Waals surface area contributed by atoms with Gasteiger partial charge in [0.15, 0.2) is 0 Å². The lowest BCUT2D eigenvalue weighted by molar-refractivity contribution is 0.247. The lowest BCUT2D eigenvalue weighted by Crippen LogP contribution is -2.29. The average molecular weight is 275 g/mol. The Bertz CT molecular complexity index is 546. The van der Waals surface area contributed by atoms with Crippen molar-refractivity contribution in [3.63, 3.8) is 0 Å². The molecule has 2 N–H and O–H groups in total. The molecule has 20 heavy (non-hydrogen) atoms. The summed E-state index contributed by atoms with van der Waals surface area (Å²) in [6.45, 7) is 1.65. The van der Waals surface area contributed by atoms with Crippen LogP contribution < -0.4 is 5.32 Å². The third kappa shape index (κ3) is 2.48. The van der Waals surface area contributed by atoms with Crippen LogP contribution >= 0.6 is 0 Å². The van der Waals surface area contributed by atoms with Crippen molar-refractivity contribution >= 4 is 17.7 Å². The number of aliphatic imine (C=N–C) groups is 1. The van der Waals surface area contributed by atoms with E-state index in [1.165, 1.54) is 0 Å². The van der Waals surface area contributed by atoms with Crippen LogP contribution in [0.15, 0.2) is 17.3 Å². The summed E-state index contributed by atoms with van der Waals surface area (Å²) in [4.78, 5) is 6.37. The number of aliphatic hydroxyl groups excluding tert-OH is 1. The standard InChI is InChI=1S/C14H21N5O/c1-18(2)9-11-8-16-19-12(7-13(20)17-14(11)19)10-3-5-15-6-4-10/h5,7-8,10,13,17,20H,3-4,6,9H2,1-2H3. The van der Waals surface area contributed by atoms with Crippen molar-refractivity contribution in [1.29, 1.82) is 0 Å². The summed E-state index contributed by atoms with van der Waals surface area (Å²) in [7, 11) is 4.05. The van der Waals surface area contributed by atoms with Crippen molar-refractivity contribution in [3.05, 3.63) is 17.8 Å². The van der Waals surface area contributed by atoms with Crippen molar-refractivity contribution < 1.29 is 5.11 Å². The maximum atomic E-state index is 10.1. The van der Waals surface area contributed by atoms with Crippen molar-refractivity contribution in [1.82, 2.24) is 14.7 Å². The van der Waals surface area contributed by atoms with Crippen LogP contribution in [0.4, 0.5) is 5.82 Å². The lowest BCUT2D eigenvalue weighted by Gasteiger charge is -2.28. The Morgan fingerprint density at radius 2 is 2.35 bits per heavy atom. The van der Waals surface area contributed by atoms with Crippen LogP contribution in [-0.2, 0) is 6.54 Å². The Labute approximate surface area is 118 Å². The van der Waals surface area contributed by atoms with E-state index in [0.29, 0.717) is 5.92 Å². The second kappa shape index (κ2) is 5.38. The monoisotopic (exact) mass is 275 g/mol. The molecule has 3 rings (SSSR count). The highest BCUT2D eigenvalue weighted by atomic mass is 16.3. The van der Waals surface area contributed by atoms with Crippen LogP contribution in [0.3, 0.4) is 0 Å². The molecule has 0 amide bonds. The maximum absolute atomic E-state index is 10.1. The van der Waals surface area contributed by atoms with Crippen molar-refractivity contribution in [2.75, 3.05) is 26.0 Å². The molecular weight excluding hydrogens is 254 g/mol. The molecule has 1 aromatic heterocycles. The van der Waals surface area contributed by atoms with Gasteiger partial charge in [-0.1, -0.05) is 0 Å². The fourth-order valence-corrected chi connectivity index (χ4v) is 2.82. The highest BCUT2D eigenvalue weighted by Gasteiger charge is 2.26. The van der Waals surface area contributed by atoms with Gasteiger partial charge < -0.3 is 15.3 Å². The number of allylic oxidation sites excluding steroid dienone is 1. The van der Waals surface area contributed by atoms with Crippen molar-refractivity contribution in [2.45, 2.75) is 25.6 Å². The van der Waals surface area contributed by atoms with E-state index in [2.05, 4.69) is 20.3 Å². The van der Waals surface area contributed by atoms with Gasteiger partial charge in [-0.25, -0.2) is 4.68 Å². The van der Waals surface area contributed by atoms with Gasteiger partial charge in [-0.3, -0.25) is 4.99 Å². The van der Waals surface area contributed by atoms with Crippen LogP contribution in [0.2, 0.25) is 0 Å². The lowest BCUT2D eigenvalue weighted by atomic mass is 9.95. The first-order valence-corrected chi connectivity index (χ1v) is 7.02. The zero-order valence-electron chi connectivity index (χ0n) is 12.0. The van der Waals surface area contributed by atoms with Crippen LogP contribution in [-0.4, -0.2) is 52.9 Å². The summed E-state index contributed by atoms with van der Waals surface area (Å²) >= 11 is 0. The van der Waals surface area contributed by atoms with Gasteiger partial charge in [-0.05, 0) is 39.2 Å². The van der Waals surface area contributed by atoms with E-state index >= 15 is 0 Å². The molecule has 6 heteroatoms. The van der Waals surface area contributed by atoms with Gasteiger partial charge in [0.2, 0.25) is 0 Å².